The minimum atomic E-state index is -0.401. The second-order valence-electron chi connectivity index (χ2n) is 4.38. The average molecular weight is 247 g/mol. The van der Waals surface area contributed by atoms with Crippen LogP contribution in [-0.2, 0) is 0 Å². The summed E-state index contributed by atoms with van der Waals surface area (Å²) in [4.78, 5) is 0. The van der Waals surface area contributed by atoms with E-state index in [1.54, 1.807) is 0 Å². The van der Waals surface area contributed by atoms with Crippen molar-refractivity contribution in [3.63, 3.8) is 0 Å². The summed E-state index contributed by atoms with van der Waals surface area (Å²) in [5.41, 5.74) is 12.5. The molecule has 98 valence electrons. The second-order valence-corrected chi connectivity index (χ2v) is 6.84. The third kappa shape index (κ3) is 6.80. The third-order valence-electron chi connectivity index (χ3n) is 2.71. The maximum absolute atomic E-state index is 6.23. The number of unbranched alkanes of at least 4 members (excludes halogenated alkanes) is 1. The molecule has 0 radical (unpaired) electrons. The van der Waals surface area contributed by atoms with Gasteiger partial charge in [0.1, 0.15) is 0 Å². The van der Waals surface area contributed by atoms with Crippen molar-refractivity contribution >= 4 is 8.07 Å². The molecule has 0 spiro atoms. The highest BCUT2D eigenvalue weighted by Crippen LogP contribution is 2.41. The Morgan fingerprint density at radius 3 is 1.81 bits per heavy atom. The van der Waals surface area contributed by atoms with Crippen LogP contribution in [0.5, 0.6) is 0 Å². The van der Waals surface area contributed by atoms with Crippen molar-refractivity contribution in [2.45, 2.75) is 70.9 Å². The number of nitrogens with two attached hydrogens (primary N) is 2. The molecule has 0 aromatic heterocycles. The minimum absolute atomic E-state index is 0.262. The van der Waals surface area contributed by atoms with Crippen LogP contribution in [-0.4, -0.2) is 18.1 Å². The minimum Gasteiger partial charge on any atom is -0.323 e. The molecular weight excluding hydrogens is 217 g/mol. The van der Waals surface area contributed by atoms with Gasteiger partial charge in [0.05, 0.1) is 0 Å². The molecule has 5 N–H and O–H groups in total. The third-order valence-corrected chi connectivity index (χ3v) is 5.24. The molecule has 0 heterocycles. The van der Waals surface area contributed by atoms with Gasteiger partial charge in [0, 0.05) is 11.6 Å². The van der Waals surface area contributed by atoms with Crippen LogP contribution in [0.2, 0.25) is 0 Å². The van der Waals surface area contributed by atoms with Gasteiger partial charge in [0.15, 0.2) is 0 Å². The lowest BCUT2D eigenvalue weighted by Gasteiger charge is -2.30. The summed E-state index contributed by atoms with van der Waals surface area (Å²) in [6, 6.07) is 0. The van der Waals surface area contributed by atoms with E-state index in [1.165, 1.54) is 12.8 Å². The van der Waals surface area contributed by atoms with Crippen LogP contribution in [0.3, 0.4) is 0 Å². The Morgan fingerprint density at radius 2 is 1.44 bits per heavy atom. The van der Waals surface area contributed by atoms with Crippen molar-refractivity contribution < 1.29 is 0 Å². The largest absolute Gasteiger partial charge is 0.323 e. The van der Waals surface area contributed by atoms with Gasteiger partial charge in [-0.05, 0) is 33.9 Å². The van der Waals surface area contributed by atoms with Gasteiger partial charge in [-0.2, -0.15) is 0 Å². The van der Waals surface area contributed by atoms with E-state index in [1.807, 2.05) is 0 Å². The number of rotatable bonds is 10. The molecule has 0 bridgehead atoms. The van der Waals surface area contributed by atoms with Crippen molar-refractivity contribution in [3.05, 3.63) is 0 Å². The normalized spacial score (nSPS) is 17.1. The Balaban J connectivity index is 4.13. The second kappa shape index (κ2) is 10.5. The zero-order valence-electron chi connectivity index (χ0n) is 11.2. The summed E-state index contributed by atoms with van der Waals surface area (Å²) >= 11 is 0. The van der Waals surface area contributed by atoms with Crippen LogP contribution >= 0.6 is 8.07 Å². The smallest absolute Gasteiger partial charge is 0.0391 e. The Morgan fingerprint density at radius 1 is 0.938 bits per heavy atom. The molecular formula is C12H30N3P. The summed E-state index contributed by atoms with van der Waals surface area (Å²) in [6.45, 7) is 7.65. The Kier molecular flexibility index (Phi) is 10.7. The van der Waals surface area contributed by atoms with Crippen molar-refractivity contribution in [1.82, 2.24) is 5.09 Å². The van der Waals surface area contributed by atoms with E-state index in [0.717, 1.165) is 32.2 Å². The molecule has 0 saturated carbocycles. The highest BCUT2D eigenvalue weighted by atomic mass is 31.1. The first-order chi connectivity index (χ1) is 7.67. The maximum Gasteiger partial charge on any atom is 0.0391 e. The zero-order chi connectivity index (χ0) is 12.4. The SMILES string of the molecule is CCCCNP(C(N)CCC)C(N)CCC. The van der Waals surface area contributed by atoms with Gasteiger partial charge in [-0.1, -0.05) is 40.0 Å². The molecule has 0 rings (SSSR count). The lowest BCUT2D eigenvalue weighted by molar-refractivity contribution is 0.685. The van der Waals surface area contributed by atoms with Gasteiger partial charge in [0.25, 0.3) is 0 Å². The number of hydrogen-bond acceptors (Lipinski definition) is 3. The summed E-state index contributed by atoms with van der Waals surface area (Å²) in [5, 5.41) is 3.60. The van der Waals surface area contributed by atoms with Gasteiger partial charge in [-0.15, -0.1) is 0 Å². The summed E-state index contributed by atoms with van der Waals surface area (Å²) in [6.07, 6.45) is 6.91. The van der Waals surface area contributed by atoms with Crippen molar-refractivity contribution in [2.75, 3.05) is 6.54 Å². The van der Waals surface area contributed by atoms with E-state index in [0.29, 0.717) is 0 Å². The maximum atomic E-state index is 6.23. The lowest BCUT2D eigenvalue weighted by Crippen LogP contribution is -2.35. The first-order valence-corrected chi connectivity index (χ1v) is 8.18. The molecule has 3 nitrogen and oxygen atoms in total. The van der Waals surface area contributed by atoms with Crippen molar-refractivity contribution in [3.8, 4) is 0 Å². The summed E-state index contributed by atoms with van der Waals surface area (Å²) < 4.78 is 0. The zero-order valence-corrected chi connectivity index (χ0v) is 12.1. The highest BCUT2D eigenvalue weighted by molar-refractivity contribution is 7.56. The Hall–Kier alpha value is 0.310. The molecule has 0 fully saturated rings. The average Bonchev–Trinajstić information content (AvgIpc) is 2.25. The molecule has 4 heteroatoms. The first kappa shape index (κ1) is 16.3. The number of hydrogen-bond donors (Lipinski definition) is 3. The molecule has 0 aromatic rings. The Bertz CT molecular complexity index is 143. The van der Waals surface area contributed by atoms with Crippen LogP contribution in [0.4, 0.5) is 0 Å². The predicted octanol–water partition coefficient (Wildman–Crippen LogP) is 2.94. The van der Waals surface area contributed by atoms with Crippen molar-refractivity contribution in [2.24, 2.45) is 11.5 Å². The highest BCUT2D eigenvalue weighted by Gasteiger charge is 2.22. The van der Waals surface area contributed by atoms with Crippen LogP contribution < -0.4 is 16.6 Å². The molecule has 0 amide bonds. The van der Waals surface area contributed by atoms with E-state index in [9.17, 15) is 0 Å². The lowest BCUT2D eigenvalue weighted by atomic mass is 10.3. The summed E-state index contributed by atoms with van der Waals surface area (Å²) in [7, 11) is -0.401. The van der Waals surface area contributed by atoms with Crippen LogP contribution in [0.25, 0.3) is 0 Å². The predicted molar refractivity (Wildman–Crippen MR) is 75.6 cm³/mol. The molecule has 16 heavy (non-hydrogen) atoms. The molecule has 0 aromatic carbocycles. The molecule has 0 aliphatic rings. The van der Waals surface area contributed by atoms with E-state index < -0.39 is 8.07 Å². The van der Waals surface area contributed by atoms with E-state index in [2.05, 4.69) is 25.9 Å². The first-order valence-electron chi connectivity index (χ1n) is 6.70. The fourth-order valence-electron chi connectivity index (χ4n) is 1.74. The standard InChI is InChI=1S/C12H30N3P/c1-4-7-10-15-16(11(13)8-5-2)12(14)9-6-3/h11-12,15H,4-10,13-14H2,1-3H3. The van der Waals surface area contributed by atoms with Crippen LogP contribution in [0, 0.1) is 0 Å². The van der Waals surface area contributed by atoms with Gasteiger partial charge in [0.2, 0.25) is 0 Å². The number of nitrogens with one attached hydrogen (secondary N) is 1. The van der Waals surface area contributed by atoms with Gasteiger partial charge < -0.3 is 11.5 Å². The fourth-order valence-corrected chi connectivity index (χ4v) is 4.19. The fraction of sp³-hybridized carbons (Fsp3) is 1.00. The van der Waals surface area contributed by atoms with Crippen molar-refractivity contribution in [1.29, 1.82) is 0 Å². The Labute approximate surface area is 103 Å². The monoisotopic (exact) mass is 247 g/mol. The summed E-state index contributed by atoms with van der Waals surface area (Å²) in [5.74, 6) is 0.525. The van der Waals surface area contributed by atoms with E-state index >= 15 is 0 Å². The van der Waals surface area contributed by atoms with Crippen LogP contribution in [0.1, 0.15) is 59.3 Å². The molecule has 2 atom stereocenters. The molecule has 2 unspecified atom stereocenters. The molecule has 0 aliphatic carbocycles. The molecule has 0 saturated heterocycles. The van der Waals surface area contributed by atoms with Crippen LogP contribution in [0.15, 0.2) is 0 Å². The topological polar surface area (TPSA) is 64.1 Å². The molecule has 0 aliphatic heterocycles. The van der Waals surface area contributed by atoms with Gasteiger partial charge >= 0.3 is 0 Å². The van der Waals surface area contributed by atoms with E-state index in [4.69, 9.17) is 11.5 Å². The van der Waals surface area contributed by atoms with Gasteiger partial charge in [-0.25, -0.2) is 0 Å². The van der Waals surface area contributed by atoms with Gasteiger partial charge in [-0.3, -0.25) is 5.09 Å². The van der Waals surface area contributed by atoms with E-state index in [-0.39, 0.29) is 11.6 Å². The quantitative estimate of drug-likeness (QED) is 0.411.